The van der Waals surface area contributed by atoms with E-state index in [1.807, 2.05) is 12.1 Å². The van der Waals surface area contributed by atoms with Crippen molar-refractivity contribution in [2.75, 3.05) is 11.5 Å². The first kappa shape index (κ1) is 8.90. The summed E-state index contributed by atoms with van der Waals surface area (Å²) in [5.41, 5.74) is 12.4. The maximum Gasteiger partial charge on any atom is 0.169 e. The molecule has 0 saturated heterocycles. The molecule has 0 unspecified atom stereocenters. The number of aromatic nitrogens is 2. The lowest BCUT2D eigenvalue weighted by atomic mass is 10.3. The summed E-state index contributed by atoms with van der Waals surface area (Å²) in [5, 5.41) is 4.72. The molecular formula is C9H9ClN4. The average molecular weight is 209 g/mol. The molecule has 1 aromatic carbocycles. The van der Waals surface area contributed by atoms with E-state index >= 15 is 0 Å². The highest BCUT2D eigenvalue weighted by atomic mass is 35.5. The van der Waals surface area contributed by atoms with Crippen molar-refractivity contribution in [2.45, 2.75) is 0 Å². The first-order valence-corrected chi connectivity index (χ1v) is 4.41. The lowest BCUT2D eigenvalue weighted by Gasteiger charge is -1.99. The highest BCUT2D eigenvalue weighted by Crippen LogP contribution is 2.17. The topological polar surface area (TPSA) is 69.9 Å². The second-order valence-corrected chi connectivity index (χ2v) is 3.33. The molecule has 2 rings (SSSR count). The van der Waals surface area contributed by atoms with Gasteiger partial charge >= 0.3 is 0 Å². The molecule has 2 aromatic rings. The molecule has 0 aliphatic carbocycles. The highest BCUT2D eigenvalue weighted by Gasteiger charge is 2.02. The molecule has 0 radical (unpaired) electrons. The van der Waals surface area contributed by atoms with Gasteiger partial charge in [-0.2, -0.15) is 0 Å². The normalized spacial score (nSPS) is 10.4. The highest BCUT2D eigenvalue weighted by molar-refractivity contribution is 6.30. The molecule has 4 nitrogen and oxygen atoms in total. The first-order chi connectivity index (χ1) is 6.66. The van der Waals surface area contributed by atoms with Crippen molar-refractivity contribution in [1.29, 1.82) is 0 Å². The maximum atomic E-state index is 5.76. The third kappa shape index (κ3) is 1.52. The summed E-state index contributed by atoms with van der Waals surface area (Å²) >= 11 is 5.76. The Hall–Kier alpha value is -1.68. The fourth-order valence-corrected chi connectivity index (χ4v) is 1.25. The number of nitrogen functional groups attached to an aromatic ring is 2. The van der Waals surface area contributed by atoms with E-state index in [0.717, 1.165) is 5.69 Å². The first-order valence-electron chi connectivity index (χ1n) is 4.03. The molecule has 0 fully saturated rings. The van der Waals surface area contributed by atoms with Crippen LogP contribution in [0.3, 0.4) is 0 Å². The largest absolute Gasteiger partial charge is 0.394 e. The van der Waals surface area contributed by atoms with E-state index in [1.165, 1.54) is 0 Å². The Kier molecular flexibility index (Phi) is 2.05. The Balaban J connectivity index is 2.44. The van der Waals surface area contributed by atoms with Crippen LogP contribution >= 0.6 is 11.6 Å². The Labute approximate surface area is 86.1 Å². The average Bonchev–Trinajstić information content (AvgIpc) is 2.48. The van der Waals surface area contributed by atoms with Gasteiger partial charge in [-0.25, -0.2) is 4.68 Å². The molecular weight excluding hydrogens is 200 g/mol. The van der Waals surface area contributed by atoms with Crippen LogP contribution in [0.1, 0.15) is 0 Å². The number of rotatable bonds is 1. The molecule has 0 spiro atoms. The van der Waals surface area contributed by atoms with Gasteiger partial charge in [0.25, 0.3) is 0 Å². The molecule has 0 bridgehead atoms. The van der Waals surface area contributed by atoms with Crippen molar-refractivity contribution in [3.05, 3.63) is 35.5 Å². The summed E-state index contributed by atoms with van der Waals surface area (Å²) < 4.78 is 1.61. The van der Waals surface area contributed by atoms with Gasteiger partial charge in [0.15, 0.2) is 5.82 Å². The van der Waals surface area contributed by atoms with Gasteiger partial charge in [0.1, 0.15) is 0 Å². The van der Waals surface area contributed by atoms with Crippen LogP contribution in [0.2, 0.25) is 5.02 Å². The standard InChI is InChI=1S/C9H9ClN4/c10-6-1-3-7(4-2-6)14-5-8(11)9(12)13-14/h1-5H,11H2,(H2,12,13). The quantitative estimate of drug-likeness (QED) is 0.749. The second-order valence-electron chi connectivity index (χ2n) is 2.89. The van der Waals surface area contributed by atoms with Gasteiger partial charge in [-0.1, -0.05) is 11.6 Å². The van der Waals surface area contributed by atoms with Crippen LogP contribution in [0.5, 0.6) is 0 Å². The zero-order valence-electron chi connectivity index (χ0n) is 7.31. The summed E-state index contributed by atoms with van der Waals surface area (Å²) in [7, 11) is 0. The molecule has 1 aromatic heterocycles. The number of halogens is 1. The van der Waals surface area contributed by atoms with E-state index in [9.17, 15) is 0 Å². The summed E-state index contributed by atoms with van der Waals surface area (Å²) in [6.07, 6.45) is 1.67. The van der Waals surface area contributed by atoms with Gasteiger partial charge in [-0.3, -0.25) is 0 Å². The Morgan fingerprint density at radius 1 is 1.14 bits per heavy atom. The minimum atomic E-state index is 0.333. The van der Waals surface area contributed by atoms with Crippen LogP contribution in [0.25, 0.3) is 5.69 Å². The van der Waals surface area contributed by atoms with Gasteiger partial charge in [0.2, 0.25) is 0 Å². The SMILES string of the molecule is Nc1cn(-c2ccc(Cl)cc2)nc1N. The predicted octanol–water partition coefficient (Wildman–Crippen LogP) is 1.69. The van der Waals surface area contributed by atoms with E-state index in [0.29, 0.717) is 16.5 Å². The van der Waals surface area contributed by atoms with Crippen molar-refractivity contribution >= 4 is 23.1 Å². The summed E-state index contributed by atoms with van der Waals surface area (Å²) in [5.74, 6) is 0.333. The number of nitrogens with two attached hydrogens (primary N) is 2. The van der Waals surface area contributed by atoms with Gasteiger partial charge in [-0.05, 0) is 24.3 Å². The fourth-order valence-electron chi connectivity index (χ4n) is 1.13. The molecule has 72 valence electrons. The minimum Gasteiger partial charge on any atom is -0.394 e. The van der Waals surface area contributed by atoms with Crippen LogP contribution in [-0.2, 0) is 0 Å². The third-order valence-corrected chi connectivity index (χ3v) is 2.12. The molecule has 1 heterocycles. The predicted molar refractivity (Wildman–Crippen MR) is 57.4 cm³/mol. The molecule has 14 heavy (non-hydrogen) atoms. The summed E-state index contributed by atoms with van der Waals surface area (Å²) in [6, 6.07) is 7.25. The maximum absolute atomic E-state index is 5.76. The van der Waals surface area contributed by atoms with Crippen LogP contribution in [0.15, 0.2) is 30.5 Å². The smallest absolute Gasteiger partial charge is 0.169 e. The van der Waals surface area contributed by atoms with E-state index in [-0.39, 0.29) is 0 Å². The fraction of sp³-hybridized carbons (Fsp3) is 0. The molecule has 0 aliphatic rings. The number of nitrogens with zero attached hydrogens (tertiary/aromatic N) is 2. The number of hydrogen-bond donors (Lipinski definition) is 2. The van der Waals surface area contributed by atoms with Gasteiger partial charge in [-0.15, -0.1) is 5.10 Å². The molecule has 0 amide bonds. The monoisotopic (exact) mass is 208 g/mol. The van der Waals surface area contributed by atoms with Gasteiger partial charge < -0.3 is 11.5 Å². The van der Waals surface area contributed by atoms with Crippen molar-refractivity contribution in [1.82, 2.24) is 9.78 Å². The number of anilines is 2. The van der Waals surface area contributed by atoms with Crippen LogP contribution < -0.4 is 11.5 Å². The van der Waals surface area contributed by atoms with Crippen molar-refractivity contribution < 1.29 is 0 Å². The van der Waals surface area contributed by atoms with Crippen LogP contribution in [0.4, 0.5) is 11.5 Å². The molecule has 0 aliphatic heterocycles. The van der Waals surface area contributed by atoms with Gasteiger partial charge in [0.05, 0.1) is 17.6 Å². The molecule has 0 atom stereocenters. The Bertz CT molecular complexity index is 427. The van der Waals surface area contributed by atoms with Crippen molar-refractivity contribution in [3.63, 3.8) is 0 Å². The van der Waals surface area contributed by atoms with E-state index in [4.69, 9.17) is 23.1 Å². The lowest BCUT2D eigenvalue weighted by Crippen LogP contribution is -1.95. The summed E-state index contributed by atoms with van der Waals surface area (Å²) in [4.78, 5) is 0. The summed E-state index contributed by atoms with van der Waals surface area (Å²) in [6.45, 7) is 0. The van der Waals surface area contributed by atoms with Crippen LogP contribution in [-0.4, -0.2) is 9.78 Å². The van der Waals surface area contributed by atoms with Crippen molar-refractivity contribution in [3.8, 4) is 5.69 Å². The molecule has 5 heteroatoms. The number of benzene rings is 1. The Morgan fingerprint density at radius 3 is 2.29 bits per heavy atom. The molecule has 4 N–H and O–H groups in total. The molecule has 0 saturated carbocycles. The van der Waals surface area contributed by atoms with E-state index < -0.39 is 0 Å². The van der Waals surface area contributed by atoms with Crippen molar-refractivity contribution in [2.24, 2.45) is 0 Å². The van der Waals surface area contributed by atoms with E-state index in [2.05, 4.69) is 5.10 Å². The zero-order valence-corrected chi connectivity index (χ0v) is 8.07. The van der Waals surface area contributed by atoms with Crippen LogP contribution in [0, 0.1) is 0 Å². The Morgan fingerprint density at radius 2 is 1.79 bits per heavy atom. The van der Waals surface area contributed by atoms with Gasteiger partial charge in [0, 0.05) is 5.02 Å². The minimum absolute atomic E-state index is 0.333. The number of hydrogen-bond acceptors (Lipinski definition) is 3. The second kappa shape index (κ2) is 3.23. The third-order valence-electron chi connectivity index (χ3n) is 1.86. The van der Waals surface area contributed by atoms with E-state index in [1.54, 1.807) is 23.0 Å². The zero-order chi connectivity index (χ0) is 10.1. The lowest BCUT2D eigenvalue weighted by molar-refractivity contribution is 0.886.